The topological polar surface area (TPSA) is 108 Å². The Morgan fingerprint density at radius 2 is 1.61 bits per heavy atom. The zero-order valence-electron chi connectivity index (χ0n) is 19.1. The van der Waals surface area contributed by atoms with Crippen molar-refractivity contribution < 1.29 is 29.0 Å². The van der Waals surface area contributed by atoms with E-state index in [1.807, 2.05) is 32.9 Å². The molecule has 1 aromatic carbocycles. The van der Waals surface area contributed by atoms with E-state index in [0.717, 1.165) is 5.69 Å². The summed E-state index contributed by atoms with van der Waals surface area (Å²) in [5.41, 5.74) is 0.887. The molecule has 0 saturated carbocycles. The summed E-state index contributed by atoms with van der Waals surface area (Å²) in [7, 11) is 3.41. The van der Waals surface area contributed by atoms with E-state index < -0.39 is 11.6 Å². The second-order valence-corrected chi connectivity index (χ2v) is 8.24. The second kappa shape index (κ2) is 12.8. The Morgan fingerprint density at radius 3 is 2.19 bits per heavy atom. The summed E-state index contributed by atoms with van der Waals surface area (Å²) in [5.74, 6) is -0.975. The molecule has 0 fully saturated rings. The first-order valence-electron chi connectivity index (χ1n) is 10.3. The van der Waals surface area contributed by atoms with Crippen LogP contribution in [-0.2, 0) is 14.3 Å². The molecule has 0 atom stereocenters. The van der Waals surface area contributed by atoms with Crippen molar-refractivity contribution in [2.45, 2.75) is 39.2 Å². The minimum absolute atomic E-state index is 0.0123. The van der Waals surface area contributed by atoms with Gasteiger partial charge in [0.2, 0.25) is 0 Å². The van der Waals surface area contributed by atoms with E-state index in [-0.39, 0.29) is 25.0 Å². The van der Waals surface area contributed by atoms with Crippen LogP contribution in [-0.4, -0.2) is 85.4 Å². The third-order valence-corrected chi connectivity index (χ3v) is 4.21. The highest BCUT2D eigenvalue weighted by Gasteiger charge is 2.19. The Labute approximate surface area is 184 Å². The van der Waals surface area contributed by atoms with Gasteiger partial charge in [-0.2, -0.15) is 0 Å². The van der Waals surface area contributed by atoms with Crippen molar-refractivity contribution in [1.82, 2.24) is 9.80 Å². The van der Waals surface area contributed by atoms with Crippen molar-refractivity contribution in [3.05, 3.63) is 29.8 Å². The van der Waals surface area contributed by atoms with Gasteiger partial charge in [0.05, 0.1) is 19.6 Å². The SMILES string of the molecule is CN(CCCN(C)C(=O)c1ccc(NCCOCCC(=O)O)cc1)C(=O)OC(C)(C)C. The van der Waals surface area contributed by atoms with E-state index in [2.05, 4.69) is 5.32 Å². The summed E-state index contributed by atoms with van der Waals surface area (Å²) >= 11 is 0. The van der Waals surface area contributed by atoms with Gasteiger partial charge in [-0.1, -0.05) is 0 Å². The number of nitrogens with zero attached hydrogens (tertiary/aromatic N) is 2. The number of aliphatic carboxylic acids is 1. The van der Waals surface area contributed by atoms with Crippen molar-refractivity contribution in [2.75, 3.05) is 52.3 Å². The molecule has 0 aliphatic heterocycles. The number of anilines is 1. The van der Waals surface area contributed by atoms with Crippen molar-refractivity contribution in [2.24, 2.45) is 0 Å². The lowest BCUT2D eigenvalue weighted by molar-refractivity contribution is -0.138. The van der Waals surface area contributed by atoms with E-state index in [9.17, 15) is 14.4 Å². The highest BCUT2D eigenvalue weighted by molar-refractivity contribution is 5.94. The average molecular weight is 438 g/mol. The Morgan fingerprint density at radius 1 is 1.00 bits per heavy atom. The van der Waals surface area contributed by atoms with Gasteiger partial charge in [-0.25, -0.2) is 4.79 Å². The van der Waals surface area contributed by atoms with Crippen molar-refractivity contribution >= 4 is 23.7 Å². The van der Waals surface area contributed by atoms with Crippen LogP contribution in [0.1, 0.15) is 44.0 Å². The molecule has 1 aromatic rings. The number of hydrogen-bond acceptors (Lipinski definition) is 6. The first-order valence-corrected chi connectivity index (χ1v) is 10.3. The van der Waals surface area contributed by atoms with Crippen LogP contribution in [0.15, 0.2) is 24.3 Å². The molecular weight excluding hydrogens is 402 g/mol. The number of benzene rings is 1. The van der Waals surface area contributed by atoms with Crippen molar-refractivity contribution in [3.8, 4) is 0 Å². The molecule has 0 unspecified atom stereocenters. The molecule has 0 aliphatic rings. The molecule has 31 heavy (non-hydrogen) atoms. The number of nitrogens with one attached hydrogen (secondary N) is 1. The fourth-order valence-corrected chi connectivity index (χ4v) is 2.56. The van der Waals surface area contributed by atoms with Gasteiger partial charge in [0.15, 0.2) is 0 Å². The largest absolute Gasteiger partial charge is 0.481 e. The summed E-state index contributed by atoms with van der Waals surface area (Å²) in [4.78, 5) is 38.1. The lowest BCUT2D eigenvalue weighted by atomic mass is 10.2. The van der Waals surface area contributed by atoms with Crippen molar-refractivity contribution in [1.29, 1.82) is 0 Å². The fraction of sp³-hybridized carbons (Fsp3) is 0.591. The maximum absolute atomic E-state index is 12.6. The quantitative estimate of drug-likeness (QED) is 0.484. The lowest BCUT2D eigenvalue weighted by Crippen LogP contribution is -2.36. The molecule has 2 N–H and O–H groups in total. The number of ether oxygens (including phenoxy) is 2. The van der Waals surface area contributed by atoms with Gasteiger partial charge in [-0.15, -0.1) is 0 Å². The maximum atomic E-state index is 12.6. The van der Waals surface area contributed by atoms with Gasteiger partial charge in [0.1, 0.15) is 5.60 Å². The highest BCUT2D eigenvalue weighted by atomic mass is 16.6. The number of amides is 2. The summed E-state index contributed by atoms with van der Waals surface area (Å²) in [6, 6.07) is 7.13. The number of rotatable bonds is 12. The molecule has 0 aromatic heterocycles. The molecular formula is C22H35N3O6. The van der Waals surface area contributed by atoms with Crippen LogP contribution >= 0.6 is 0 Å². The summed E-state index contributed by atoms with van der Waals surface area (Å²) in [6.45, 7) is 7.59. The molecule has 174 valence electrons. The van der Waals surface area contributed by atoms with Gasteiger partial charge in [0.25, 0.3) is 5.91 Å². The second-order valence-electron chi connectivity index (χ2n) is 8.24. The van der Waals surface area contributed by atoms with Crippen LogP contribution in [0.3, 0.4) is 0 Å². The summed E-state index contributed by atoms with van der Waals surface area (Å²) in [5, 5.41) is 11.7. The van der Waals surface area contributed by atoms with E-state index in [1.165, 1.54) is 4.90 Å². The third kappa shape index (κ3) is 11.2. The maximum Gasteiger partial charge on any atom is 0.410 e. The van der Waals surface area contributed by atoms with Crippen LogP contribution in [0, 0.1) is 0 Å². The van der Waals surface area contributed by atoms with E-state index in [4.69, 9.17) is 14.6 Å². The number of carboxylic acids is 1. The normalized spacial score (nSPS) is 11.0. The minimum Gasteiger partial charge on any atom is -0.481 e. The monoisotopic (exact) mass is 437 g/mol. The highest BCUT2D eigenvalue weighted by Crippen LogP contribution is 2.12. The molecule has 1 rings (SSSR count). The molecule has 0 aliphatic carbocycles. The van der Waals surface area contributed by atoms with Gasteiger partial charge in [-0.05, 0) is 51.5 Å². The smallest absolute Gasteiger partial charge is 0.410 e. The zero-order valence-corrected chi connectivity index (χ0v) is 19.1. The molecule has 0 spiro atoms. The number of hydrogen-bond donors (Lipinski definition) is 2. The van der Waals surface area contributed by atoms with Gasteiger partial charge in [0, 0.05) is 45.0 Å². The zero-order chi connectivity index (χ0) is 23.4. The molecule has 9 nitrogen and oxygen atoms in total. The predicted molar refractivity (Wildman–Crippen MR) is 118 cm³/mol. The number of carbonyl (C=O) groups is 3. The molecule has 0 heterocycles. The van der Waals surface area contributed by atoms with Gasteiger partial charge >= 0.3 is 12.1 Å². The molecule has 0 bridgehead atoms. The summed E-state index contributed by atoms with van der Waals surface area (Å²) < 4.78 is 10.5. The summed E-state index contributed by atoms with van der Waals surface area (Å²) in [6.07, 6.45) is 0.248. The first-order chi connectivity index (χ1) is 14.5. The van der Waals surface area contributed by atoms with E-state index in [0.29, 0.717) is 38.2 Å². The predicted octanol–water partition coefficient (Wildman–Crippen LogP) is 2.92. The fourth-order valence-electron chi connectivity index (χ4n) is 2.56. The number of carbonyl (C=O) groups excluding carboxylic acids is 2. The Kier molecular flexibility index (Phi) is 10.8. The van der Waals surface area contributed by atoms with Crippen LogP contribution in [0.25, 0.3) is 0 Å². The molecule has 2 amide bonds. The standard InChI is InChI=1S/C22H35N3O6/c1-22(2,3)31-21(29)25(5)14-6-13-24(4)20(28)17-7-9-18(10-8-17)23-12-16-30-15-11-19(26)27/h7-10,23H,6,11-16H2,1-5H3,(H,26,27). The van der Waals surface area contributed by atoms with Crippen molar-refractivity contribution in [3.63, 3.8) is 0 Å². The lowest BCUT2D eigenvalue weighted by Gasteiger charge is -2.25. The minimum atomic E-state index is -0.881. The molecule has 9 heteroatoms. The van der Waals surface area contributed by atoms with E-state index in [1.54, 1.807) is 31.1 Å². The first kappa shape index (κ1) is 26.2. The van der Waals surface area contributed by atoms with Crippen LogP contribution in [0.2, 0.25) is 0 Å². The third-order valence-electron chi connectivity index (χ3n) is 4.21. The molecule has 0 saturated heterocycles. The Bertz CT molecular complexity index is 715. The Balaban J connectivity index is 2.35. The average Bonchev–Trinajstić information content (AvgIpc) is 2.68. The van der Waals surface area contributed by atoms with E-state index >= 15 is 0 Å². The van der Waals surface area contributed by atoms with Crippen LogP contribution in [0.5, 0.6) is 0 Å². The van der Waals surface area contributed by atoms with Crippen LogP contribution in [0.4, 0.5) is 10.5 Å². The number of carboxylic acid groups (broad SMARTS) is 1. The van der Waals surface area contributed by atoms with Gasteiger partial charge < -0.3 is 29.7 Å². The van der Waals surface area contributed by atoms with Crippen LogP contribution < -0.4 is 5.32 Å². The molecule has 0 radical (unpaired) electrons. The Hall–Kier alpha value is -2.81. The van der Waals surface area contributed by atoms with Gasteiger partial charge in [-0.3, -0.25) is 9.59 Å².